The number of aliphatic hydroxyl groups excluding tert-OH is 1. The maximum atomic E-state index is 9.40. The second-order valence-corrected chi connectivity index (χ2v) is 3.27. The van der Waals surface area contributed by atoms with E-state index < -0.39 is 0 Å². The molecule has 0 saturated carbocycles. The van der Waals surface area contributed by atoms with Crippen LogP contribution < -0.4 is 0 Å². The zero-order valence-corrected chi connectivity index (χ0v) is 6.04. The quantitative estimate of drug-likeness (QED) is 0.552. The standard InChI is InChI=1S/C10H8O/c11-8-4-6-10-5-2-1-3-7(10)9(8)10/h1-5,11H,6H2. The topological polar surface area (TPSA) is 20.2 Å². The maximum Gasteiger partial charge on any atom is 0.116 e. The highest BCUT2D eigenvalue weighted by atomic mass is 16.3. The molecule has 1 atom stereocenters. The van der Waals surface area contributed by atoms with E-state index in [9.17, 15) is 5.11 Å². The normalized spacial score (nSPS) is 36.9. The van der Waals surface area contributed by atoms with Crippen molar-refractivity contribution in [3.63, 3.8) is 0 Å². The van der Waals surface area contributed by atoms with Crippen molar-refractivity contribution < 1.29 is 5.11 Å². The van der Waals surface area contributed by atoms with Crippen molar-refractivity contribution in [2.75, 3.05) is 0 Å². The van der Waals surface area contributed by atoms with Gasteiger partial charge in [-0.1, -0.05) is 24.3 Å². The second kappa shape index (κ2) is 1.35. The minimum atomic E-state index is 0.152. The van der Waals surface area contributed by atoms with Gasteiger partial charge in [0.05, 0.1) is 0 Å². The van der Waals surface area contributed by atoms with Gasteiger partial charge in [0, 0.05) is 11.0 Å². The van der Waals surface area contributed by atoms with Crippen LogP contribution in [0.1, 0.15) is 6.42 Å². The Hall–Kier alpha value is -1.24. The molecule has 0 bridgehead atoms. The Morgan fingerprint density at radius 1 is 1.36 bits per heavy atom. The molecule has 3 aliphatic carbocycles. The summed E-state index contributed by atoms with van der Waals surface area (Å²) in [6.45, 7) is 0. The minimum Gasteiger partial charge on any atom is -0.508 e. The molecular weight excluding hydrogens is 136 g/mol. The average Bonchev–Trinajstić information content (AvgIpc) is 2.60. The van der Waals surface area contributed by atoms with E-state index in [1.807, 2.05) is 12.2 Å². The zero-order chi connectivity index (χ0) is 7.47. The number of rotatable bonds is 0. The number of aliphatic hydroxyl groups is 1. The first-order valence-electron chi connectivity index (χ1n) is 3.85. The van der Waals surface area contributed by atoms with E-state index in [2.05, 4.69) is 18.2 Å². The summed E-state index contributed by atoms with van der Waals surface area (Å²) < 4.78 is 0. The van der Waals surface area contributed by atoms with Gasteiger partial charge in [-0.05, 0) is 18.1 Å². The molecule has 0 radical (unpaired) electrons. The third-order valence-corrected chi connectivity index (χ3v) is 2.76. The molecule has 0 amide bonds. The lowest BCUT2D eigenvalue weighted by Gasteiger charge is -2.08. The second-order valence-electron chi connectivity index (χ2n) is 3.27. The fourth-order valence-corrected chi connectivity index (χ4v) is 2.14. The molecular formula is C10H8O. The lowest BCUT2D eigenvalue weighted by Crippen LogP contribution is -1.99. The molecule has 0 heterocycles. The Kier molecular flexibility index (Phi) is 0.665. The molecule has 0 aromatic heterocycles. The summed E-state index contributed by atoms with van der Waals surface area (Å²) in [5.74, 6) is 0.496. The molecule has 0 saturated heterocycles. The van der Waals surface area contributed by atoms with Gasteiger partial charge >= 0.3 is 0 Å². The predicted octanol–water partition coefficient (Wildman–Crippen LogP) is 2.25. The predicted molar refractivity (Wildman–Crippen MR) is 43.1 cm³/mol. The van der Waals surface area contributed by atoms with E-state index in [4.69, 9.17) is 0 Å². The largest absolute Gasteiger partial charge is 0.508 e. The van der Waals surface area contributed by atoms with Crippen molar-refractivity contribution >= 4 is 0 Å². The van der Waals surface area contributed by atoms with Gasteiger partial charge in [0.25, 0.3) is 0 Å². The molecule has 0 fully saturated rings. The van der Waals surface area contributed by atoms with Gasteiger partial charge in [-0.15, -0.1) is 0 Å². The number of hydrogen-bond donors (Lipinski definition) is 1. The van der Waals surface area contributed by atoms with Gasteiger partial charge in [0.15, 0.2) is 0 Å². The van der Waals surface area contributed by atoms with Gasteiger partial charge in [-0.2, -0.15) is 0 Å². The lowest BCUT2D eigenvalue weighted by atomic mass is 9.93. The Morgan fingerprint density at radius 2 is 2.27 bits per heavy atom. The van der Waals surface area contributed by atoms with Crippen LogP contribution in [0.25, 0.3) is 0 Å². The van der Waals surface area contributed by atoms with Crippen molar-refractivity contribution in [1.29, 1.82) is 0 Å². The van der Waals surface area contributed by atoms with Crippen LogP contribution in [0.2, 0.25) is 0 Å². The van der Waals surface area contributed by atoms with Crippen LogP contribution in [0.5, 0.6) is 0 Å². The number of hydrogen-bond acceptors (Lipinski definition) is 1. The Morgan fingerprint density at radius 3 is 3.09 bits per heavy atom. The monoisotopic (exact) mass is 144 g/mol. The van der Waals surface area contributed by atoms with Crippen LogP contribution in [-0.2, 0) is 0 Å². The summed E-state index contributed by atoms with van der Waals surface area (Å²) in [4.78, 5) is 0. The molecule has 1 spiro atoms. The Bertz CT molecular complexity index is 355. The summed E-state index contributed by atoms with van der Waals surface area (Å²) in [7, 11) is 0. The van der Waals surface area contributed by atoms with Crippen LogP contribution in [-0.4, -0.2) is 5.11 Å². The van der Waals surface area contributed by atoms with Crippen molar-refractivity contribution in [1.82, 2.24) is 0 Å². The van der Waals surface area contributed by atoms with E-state index in [0.717, 1.165) is 12.0 Å². The fraction of sp³-hybridized carbons (Fsp3) is 0.200. The minimum absolute atomic E-state index is 0.152. The summed E-state index contributed by atoms with van der Waals surface area (Å²) in [6.07, 6.45) is 11.2. The van der Waals surface area contributed by atoms with Crippen LogP contribution in [0.4, 0.5) is 0 Å². The van der Waals surface area contributed by atoms with Crippen LogP contribution >= 0.6 is 0 Å². The third-order valence-electron chi connectivity index (χ3n) is 2.76. The van der Waals surface area contributed by atoms with E-state index in [1.54, 1.807) is 0 Å². The zero-order valence-electron chi connectivity index (χ0n) is 6.04. The summed E-state index contributed by atoms with van der Waals surface area (Å²) in [5.41, 5.74) is 2.63. The first-order chi connectivity index (χ1) is 5.34. The highest BCUT2D eigenvalue weighted by molar-refractivity contribution is 5.71. The molecule has 1 nitrogen and oxygen atoms in total. The summed E-state index contributed by atoms with van der Waals surface area (Å²) in [6, 6.07) is 0. The van der Waals surface area contributed by atoms with Crippen LogP contribution in [0.15, 0.2) is 47.3 Å². The van der Waals surface area contributed by atoms with Crippen molar-refractivity contribution in [2.45, 2.75) is 6.42 Å². The molecule has 0 aromatic carbocycles. The summed E-state index contributed by atoms with van der Waals surface area (Å²) in [5, 5.41) is 9.40. The van der Waals surface area contributed by atoms with E-state index in [0.29, 0.717) is 5.76 Å². The van der Waals surface area contributed by atoms with Crippen molar-refractivity contribution in [3.8, 4) is 0 Å². The van der Waals surface area contributed by atoms with Gasteiger partial charge in [-0.25, -0.2) is 0 Å². The molecule has 0 aromatic rings. The molecule has 1 unspecified atom stereocenters. The maximum absolute atomic E-state index is 9.40. The molecule has 11 heavy (non-hydrogen) atoms. The molecule has 0 aliphatic heterocycles. The highest BCUT2D eigenvalue weighted by Crippen LogP contribution is 2.64. The van der Waals surface area contributed by atoms with Crippen LogP contribution in [0.3, 0.4) is 0 Å². The smallest absolute Gasteiger partial charge is 0.116 e. The van der Waals surface area contributed by atoms with Gasteiger partial charge in [0.1, 0.15) is 5.76 Å². The molecule has 3 rings (SSSR count). The molecule has 1 N–H and O–H groups in total. The SMILES string of the molecule is OC1=CCC23C=CC=CC2=C13. The third kappa shape index (κ3) is 0.423. The number of allylic oxidation sites excluding steroid dienone is 7. The van der Waals surface area contributed by atoms with E-state index in [-0.39, 0.29) is 5.41 Å². The summed E-state index contributed by atoms with van der Waals surface area (Å²) >= 11 is 0. The van der Waals surface area contributed by atoms with Gasteiger partial charge < -0.3 is 5.11 Å². The highest BCUT2D eigenvalue weighted by Gasteiger charge is 2.54. The van der Waals surface area contributed by atoms with E-state index in [1.165, 1.54) is 5.57 Å². The van der Waals surface area contributed by atoms with E-state index >= 15 is 0 Å². The van der Waals surface area contributed by atoms with Gasteiger partial charge in [0.2, 0.25) is 0 Å². The molecule has 1 heteroatoms. The van der Waals surface area contributed by atoms with Crippen molar-refractivity contribution in [2.24, 2.45) is 5.41 Å². The molecule has 3 aliphatic rings. The van der Waals surface area contributed by atoms with Crippen LogP contribution in [0, 0.1) is 5.41 Å². The van der Waals surface area contributed by atoms with Gasteiger partial charge in [-0.3, -0.25) is 0 Å². The molecule has 54 valence electrons. The van der Waals surface area contributed by atoms with Crippen molar-refractivity contribution in [3.05, 3.63) is 47.3 Å². The lowest BCUT2D eigenvalue weighted by molar-refractivity contribution is 0.427. The first kappa shape index (κ1) is 5.42. The first-order valence-corrected chi connectivity index (χ1v) is 3.85. The Labute approximate surface area is 65.0 Å². The Balaban J connectivity index is 2.18. The fourth-order valence-electron chi connectivity index (χ4n) is 2.14. The average molecular weight is 144 g/mol.